The minimum atomic E-state index is -0.803. The summed E-state index contributed by atoms with van der Waals surface area (Å²) in [6.45, 7) is 6.37. The van der Waals surface area contributed by atoms with Gasteiger partial charge in [0.1, 0.15) is 13.2 Å². The zero-order valence-electron chi connectivity index (χ0n) is 46.7. The van der Waals surface area contributed by atoms with Crippen molar-refractivity contribution in [1.29, 1.82) is 0 Å². The topological polar surface area (TPSA) is 78.9 Å². The maximum Gasteiger partial charge on any atom is 0.306 e. The van der Waals surface area contributed by atoms with Crippen LogP contribution in [-0.4, -0.2) is 37.2 Å². The van der Waals surface area contributed by atoms with E-state index in [0.717, 1.165) is 135 Å². The predicted octanol–water partition coefficient (Wildman–Crippen LogP) is 20.0. The number of carbonyl (C=O) groups excluding carboxylic acids is 3. The predicted molar refractivity (Wildman–Crippen MR) is 311 cm³/mol. The van der Waals surface area contributed by atoms with Crippen molar-refractivity contribution in [2.45, 2.75) is 264 Å². The third-order valence-corrected chi connectivity index (χ3v) is 12.2. The van der Waals surface area contributed by atoms with E-state index in [2.05, 4.69) is 142 Å². The minimum absolute atomic E-state index is 0.0960. The Morgan fingerprint density at radius 1 is 0.292 bits per heavy atom. The van der Waals surface area contributed by atoms with Gasteiger partial charge in [0.2, 0.25) is 0 Å². The summed E-state index contributed by atoms with van der Waals surface area (Å²) < 4.78 is 16.8. The molecule has 0 aromatic heterocycles. The maximum absolute atomic E-state index is 12.9. The Balaban J connectivity index is 4.43. The Morgan fingerprint density at radius 3 is 0.861 bits per heavy atom. The van der Waals surface area contributed by atoms with Crippen LogP contribution in [0.1, 0.15) is 258 Å². The number of unbranched alkanes of at least 4 members (excludes halogenated alkanes) is 21. The summed E-state index contributed by atoms with van der Waals surface area (Å²) in [5.41, 5.74) is 0. The monoisotopic (exact) mass is 997 g/mol. The van der Waals surface area contributed by atoms with Gasteiger partial charge in [-0.05, 0) is 109 Å². The molecule has 0 saturated heterocycles. The van der Waals surface area contributed by atoms with Gasteiger partial charge in [0.15, 0.2) is 6.10 Å². The number of ether oxygens (including phenoxy) is 3. The highest BCUT2D eigenvalue weighted by molar-refractivity contribution is 5.71. The maximum atomic E-state index is 12.9. The summed E-state index contributed by atoms with van der Waals surface area (Å²) in [6, 6.07) is 0. The van der Waals surface area contributed by atoms with Gasteiger partial charge in [-0.2, -0.15) is 0 Å². The fourth-order valence-corrected chi connectivity index (χ4v) is 7.85. The third kappa shape index (κ3) is 56.7. The molecule has 0 bridgehead atoms. The Hall–Kier alpha value is -4.19. The van der Waals surface area contributed by atoms with Crippen molar-refractivity contribution in [3.63, 3.8) is 0 Å². The van der Waals surface area contributed by atoms with Crippen LogP contribution in [0.4, 0.5) is 0 Å². The van der Waals surface area contributed by atoms with E-state index >= 15 is 0 Å². The number of carbonyl (C=O) groups is 3. The van der Waals surface area contributed by atoms with E-state index in [1.54, 1.807) is 0 Å². The molecule has 0 aliphatic rings. The van der Waals surface area contributed by atoms with E-state index in [-0.39, 0.29) is 37.5 Å². The average Bonchev–Trinajstić information content (AvgIpc) is 3.38. The van der Waals surface area contributed by atoms with Gasteiger partial charge in [0.25, 0.3) is 0 Å². The first kappa shape index (κ1) is 67.8. The van der Waals surface area contributed by atoms with Crippen molar-refractivity contribution < 1.29 is 28.6 Å². The summed E-state index contributed by atoms with van der Waals surface area (Å²) >= 11 is 0. The SMILES string of the molecule is CC/C=C\C/C=C\C/C=C\C/C=C\C/C=C\CCCCCCCCCC(=O)OCC(COC(=O)CCCCCCCCCCCCCC)OC(=O)CCCCC/C=C\C/C=C\C/C=C\C/C=C\C/C=C\CC. The number of esters is 3. The van der Waals surface area contributed by atoms with Crippen molar-refractivity contribution in [1.82, 2.24) is 0 Å². The third-order valence-electron chi connectivity index (χ3n) is 12.2. The fourth-order valence-electron chi connectivity index (χ4n) is 7.85. The highest BCUT2D eigenvalue weighted by Gasteiger charge is 2.19. The number of hydrogen-bond acceptors (Lipinski definition) is 6. The van der Waals surface area contributed by atoms with Gasteiger partial charge in [-0.3, -0.25) is 14.4 Å². The number of rotatable bonds is 52. The average molecular weight is 998 g/mol. The van der Waals surface area contributed by atoms with E-state index in [9.17, 15) is 14.4 Å². The summed E-state index contributed by atoms with van der Waals surface area (Å²) in [4.78, 5) is 38.2. The first-order valence-corrected chi connectivity index (χ1v) is 29.5. The molecule has 1 unspecified atom stereocenters. The van der Waals surface area contributed by atoms with Crippen LogP contribution in [0, 0.1) is 0 Å². The van der Waals surface area contributed by atoms with Gasteiger partial charge in [-0.1, -0.05) is 251 Å². The van der Waals surface area contributed by atoms with Gasteiger partial charge in [-0.25, -0.2) is 0 Å². The summed E-state index contributed by atoms with van der Waals surface area (Å²) in [6.07, 6.45) is 81.9. The van der Waals surface area contributed by atoms with E-state index in [0.29, 0.717) is 12.8 Å². The molecule has 408 valence electrons. The molecule has 0 heterocycles. The fraction of sp³-hybridized carbons (Fsp3) is 0.652. The lowest BCUT2D eigenvalue weighted by Crippen LogP contribution is -2.30. The van der Waals surface area contributed by atoms with Crippen molar-refractivity contribution in [2.24, 2.45) is 0 Å². The Labute approximate surface area is 443 Å². The van der Waals surface area contributed by atoms with Gasteiger partial charge in [0, 0.05) is 19.3 Å². The van der Waals surface area contributed by atoms with Crippen molar-refractivity contribution >= 4 is 17.9 Å². The molecule has 0 fully saturated rings. The minimum Gasteiger partial charge on any atom is -0.462 e. The summed E-state index contributed by atoms with van der Waals surface area (Å²) in [5, 5.41) is 0. The van der Waals surface area contributed by atoms with Gasteiger partial charge < -0.3 is 14.2 Å². The molecule has 0 saturated carbocycles. The van der Waals surface area contributed by atoms with E-state index in [1.165, 1.54) is 83.5 Å². The van der Waals surface area contributed by atoms with Crippen molar-refractivity contribution in [3.8, 4) is 0 Å². The van der Waals surface area contributed by atoms with Crippen molar-refractivity contribution in [3.05, 3.63) is 122 Å². The molecule has 0 aliphatic heterocycles. The molecule has 72 heavy (non-hydrogen) atoms. The molecule has 6 heteroatoms. The molecule has 0 N–H and O–H groups in total. The van der Waals surface area contributed by atoms with Gasteiger partial charge >= 0.3 is 17.9 Å². The lowest BCUT2D eigenvalue weighted by atomic mass is 10.0. The molecule has 0 rings (SSSR count). The number of allylic oxidation sites excluding steroid dienone is 20. The lowest BCUT2D eigenvalue weighted by molar-refractivity contribution is -0.167. The highest BCUT2D eigenvalue weighted by atomic mass is 16.6. The van der Waals surface area contributed by atoms with Crippen LogP contribution in [0.5, 0.6) is 0 Å². The highest BCUT2D eigenvalue weighted by Crippen LogP contribution is 2.15. The van der Waals surface area contributed by atoms with Crippen LogP contribution in [-0.2, 0) is 28.6 Å². The Kier molecular flexibility index (Phi) is 55.9. The van der Waals surface area contributed by atoms with Crippen LogP contribution < -0.4 is 0 Å². The van der Waals surface area contributed by atoms with E-state index < -0.39 is 6.10 Å². The quantitative estimate of drug-likeness (QED) is 0.0261. The van der Waals surface area contributed by atoms with Gasteiger partial charge in [0.05, 0.1) is 0 Å². The molecule has 0 amide bonds. The molecule has 0 aromatic carbocycles. The second-order valence-electron chi connectivity index (χ2n) is 19.1. The normalized spacial score (nSPS) is 13.0. The second kappa shape index (κ2) is 59.4. The summed E-state index contributed by atoms with van der Waals surface area (Å²) in [7, 11) is 0. The zero-order chi connectivity index (χ0) is 52.2. The van der Waals surface area contributed by atoms with Gasteiger partial charge in [-0.15, -0.1) is 0 Å². The molecule has 0 radical (unpaired) electrons. The van der Waals surface area contributed by atoms with Crippen LogP contribution in [0.15, 0.2) is 122 Å². The molecule has 0 aromatic rings. The zero-order valence-corrected chi connectivity index (χ0v) is 46.7. The van der Waals surface area contributed by atoms with Crippen LogP contribution in [0.2, 0.25) is 0 Å². The largest absolute Gasteiger partial charge is 0.462 e. The second-order valence-corrected chi connectivity index (χ2v) is 19.1. The van der Waals surface area contributed by atoms with E-state index in [1.807, 2.05) is 0 Å². The Morgan fingerprint density at radius 2 is 0.542 bits per heavy atom. The first-order valence-electron chi connectivity index (χ1n) is 29.5. The smallest absolute Gasteiger partial charge is 0.306 e. The Bertz CT molecular complexity index is 1520. The van der Waals surface area contributed by atoms with Crippen LogP contribution in [0.3, 0.4) is 0 Å². The summed E-state index contributed by atoms with van der Waals surface area (Å²) in [5.74, 6) is -0.939. The van der Waals surface area contributed by atoms with Crippen molar-refractivity contribution in [2.75, 3.05) is 13.2 Å². The molecule has 6 nitrogen and oxygen atoms in total. The molecular formula is C66H108O6. The molecule has 0 spiro atoms. The number of hydrogen-bond donors (Lipinski definition) is 0. The molecular weight excluding hydrogens is 889 g/mol. The first-order chi connectivity index (χ1) is 35.5. The van der Waals surface area contributed by atoms with Crippen LogP contribution in [0.25, 0.3) is 0 Å². The molecule has 1 atom stereocenters. The van der Waals surface area contributed by atoms with E-state index in [4.69, 9.17) is 14.2 Å². The molecule has 0 aliphatic carbocycles. The van der Waals surface area contributed by atoms with Crippen LogP contribution >= 0.6 is 0 Å². The standard InChI is InChI=1S/C66H108O6/c1-4-7-10-13-16-19-22-25-27-29-31-32-33-34-36-37-39-41-44-47-50-53-56-59-65(68)71-62-63(61-70-64(67)58-55-52-49-46-43-24-21-18-15-12-9-6-3)72-66(69)60-57-54-51-48-45-42-40-38-35-30-28-26-23-20-17-14-11-8-5-2/h7-8,10-11,16-17,19-20,25-28,31-32,34-36,38,42,45,63H,4-6,9,12-15,18,21-24,29-30,33,37,39-41,43-44,46-62H2,1-3H3/b10-7-,11-8-,19-16-,20-17-,27-25-,28-26-,32-31-,36-34-,38-35-,45-42-. The lowest BCUT2D eigenvalue weighted by Gasteiger charge is -2.18.